The highest BCUT2D eigenvalue weighted by molar-refractivity contribution is 6.01. The van der Waals surface area contributed by atoms with E-state index in [1.165, 1.54) is 0 Å². The molecule has 2 aliphatic rings. The van der Waals surface area contributed by atoms with E-state index in [2.05, 4.69) is 5.32 Å². The van der Waals surface area contributed by atoms with Gasteiger partial charge in [-0.3, -0.25) is 5.32 Å². The number of anilines is 1. The standard InChI is InChI=1S/C14H15NO4/c1-14(2)10-6-8(7-3-4-7)5-9(12(16)17)11(10)15-13(18)19-14/h5-7H,3-4H2,1-2H3,(H,15,18)(H,16,17). The Morgan fingerprint density at radius 3 is 2.68 bits per heavy atom. The summed E-state index contributed by atoms with van der Waals surface area (Å²) < 4.78 is 5.25. The van der Waals surface area contributed by atoms with E-state index in [9.17, 15) is 14.7 Å². The van der Waals surface area contributed by atoms with Crippen molar-refractivity contribution in [2.24, 2.45) is 0 Å². The number of ether oxygens (including phenoxy) is 1. The van der Waals surface area contributed by atoms with Crippen LogP contribution in [0.1, 0.15) is 54.1 Å². The van der Waals surface area contributed by atoms with Crippen molar-refractivity contribution in [1.82, 2.24) is 0 Å². The van der Waals surface area contributed by atoms with E-state index in [1.807, 2.05) is 6.07 Å². The molecule has 0 radical (unpaired) electrons. The first-order valence-electron chi connectivity index (χ1n) is 6.30. The zero-order chi connectivity index (χ0) is 13.8. The van der Waals surface area contributed by atoms with Gasteiger partial charge in [-0.15, -0.1) is 0 Å². The number of hydrogen-bond acceptors (Lipinski definition) is 3. The summed E-state index contributed by atoms with van der Waals surface area (Å²) >= 11 is 0. The Kier molecular flexibility index (Phi) is 2.36. The molecule has 5 heteroatoms. The fourth-order valence-electron chi connectivity index (χ4n) is 2.51. The molecule has 1 aromatic rings. The Bertz CT molecular complexity index is 587. The second-order valence-corrected chi connectivity index (χ2v) is 5.60. The predicted octanol–water partition coefficient (Wildman–Crippen LogP) is 3.06. The van der Waals surface area contributed by atoms with Gasteiger partial charge in [0.05, 0.1) is 11.3 Å². The van der Waals surface area contributed by atoms with Gasteiger partial charge in [0.25, 0.3) is 0 Å². The molecule has 19 heavy (non-hydrogen) atoms. The van der Waals surface area contributed by atoms with E-state index in [-0.39, 0.29) is 5.56 Å². The van der Waals surface area contributed by atoms with E-state index >= 15 is 0 Å². The van der Waals surface area contributed by atoms with Gasteiger partial charge in [0.2, 0.25) is 0 Å². The van der Waals surface area contributed by atoms with Crippen molar-refractivity contribution in [3.05, 3.63) is 28.8 Å². The van der Waals surface area contributed by atoms with Crippen molar-refractivity contribution in [2.45, 2.75) is 38.2 Å². The number of fused-ring (bicyclic) bond motifs is 1. The summed E-state index contributed by atoms with van der Waals surface area (Å²) in [6.07, 6.45) is 1.57. The summed E-state index contributed by atoms with van der Waals surface area (Å²) in [5.41, 5.74) is 1.44. The average molecular weight is 261 g/mol. The number of carboxylic acid groups (broad SMARTS) is 1. The van der Waals surface area contributed by atoms with Crippen molar-refractivity contribution in [3.8, 4) is 0 Å². The largest absolute Gasteiger partial charge is 0.478 e. The van der Waals surface area contributed by atoms with Crippen LogP contribution in [0, 0.1) is 0 Å². The molecule has 100 valence electrons. The Morgan fingerprint density at radius 1 is 1.42 bits per heavy atom. The third kappa shape index (κ3) is 1.95. The fraction of sp³-hybridized carbons (Fsp3) is 0.429. The SMILES string of the molecule is CC1(C)OC(=O)Nc2c(C(=O)O)cc(C3CC3)cc21. The van der Waals surface area contributed by atoms with Crippen LogP contribution < -0.4 is 5.32 Å². The third-order valence-corrected chi connectivity index (χ3v) is 3.66. The summed E-state index contributed by atoms with van der Waals surface area (Å²) in [4.78, 5) is 22.9. The van der Waals surface area contributed by atoms with Gasteiger partial charge in [-0.1, -0.05) is 0 Å². The number of hydrogen-bond donors (Lipinski definition) is 2. The maximum atomic E-state index is 11.5. The number of benzene rings is 1. The van der Waals surface area contributed by atoms with Gasteiger partial charge >= 0.3 is 12.1 Å². The van der Waals surface area contributed by atoms with Crippen molar-refractivity contribution < 1.29 is 19.4 Å². The zero-order valence-electron chi connectivity index (χ0n) is 10.8. The average Bonchev–Trinajstić information content (AvgIpc) is 3.10. The van der Waals surface area contributed by atoms with Crippen LogP contribution in [0.15, 0.2) is 12.1 Å². The summed E-state index contributed by atoms with van der Waals surface area (Å²) in [6.45, 7) is 3.54. The molecule has 0 atom stereocenters. The maximum absolute atomic E-state index is 11.5. The Labute approximate surface area is 110 Å². The molecule has 0 aromatic heterocycles. The Hall–Kier alpha value is -2.04. The van der Waals surface area contributed by atoms with Crippen molar-refractivity contribution >= 4 is 17.7 Å². The van der Waals surface area contributed by atoms with Gasteiger partial charge in [0.1, 0.15) is 5.60 Å². The monoisotopic (exact) mass is 261 g/mol. The van der Waals surface area contributed by atoms with E-state index < -0.39 is 17.7 Å². The number of carbonyl (C=O) groups excluding carboxylic acids is 1. The molecule has 2 N–H and O–H groups in total. The Balaban J connectivity index is 2.23. The molecular weight excluding hydrogens is 246 g/mol. The number of amides is 1. The highest BCUT2D eigenvalue weighted by Crippen LogP contribution is 2.45. The molecule has 0 bridgehead atoms. The second kappa shape index (κ2) is 3.73. The molecule has 0 saturated heterocycles. The number of carboxylic acids is 1. The molecule has 0 unspecified atom stereocenters. The fourth-order valence-corrected chi connectivity index (χ4v) is 2.51. The van der Waals surface area contributed by atoms with Crippen molar-refractivity contribution in [2.75, 3.05) is 5.32 Å². The van der Waals surface area contributed by atoms with Crippen LogP contribution in [0.4, 0.5) is 10.5 Å². The first kappa shape index (κ1) is 12.0. The van der Waals surface area contributed by atoms with Crippen molar-refractivity contribution in [3.63, 3.8) is 0 Å². The quantitative estimate of drug-likeness (QED) is 0.857. The summed E-state index contributed by atoms with van der Waals surface area (Å²) in [5, 5.41) is 11.8. The zero-order valence-corrected chi connectivity index (χ0v) is 10.8. The van der Waals surface area contributed by atoms with Crippen molar-refractivity contribution in [1.29, 1.82) is 0 Å². The van der Waals surface area contributed by atoms with Gasteiger partial charge in [-0.05, 0) is 50.3 Å². The van der Waals surface area contributed by atoms with Crippen LogP contribution in [0.5, 0.6) is 0 Å². The molecule has 1 aromatic carbocycles. The highest BCUT2D eigenvalue weighted by Gasteiger charge is 2.37. The minimum Gasteiger partial charge on any atom is -0.478 e. The van der Waals surface area contributed by atoms with Gasteiger partial charge in [-0.25, -0.2) is 9.59 Å². The van der Waals surface area contributed by atoms with Crippen LogP contribution in [0.2, 0.25) is 0 Å². The molecule has 1 heterocycles. The van der Waals surface area contributed by atoms with Crippen LogP contribution in [-0.2, 0) is 10.3 Å². The van der Waals surface area contributed by atoms with Gasteiger partial charge < -0.3 is 9.84 Å². The first-order chi connectivity index (χ1) is 8.88. The smallest absolute Gasteiger partial charge is 0.412 e. The summed E-state index contributed by atoms with van der Waals surface area (Å²) in [5.74, 6) is -0.589. The number of aromatic carboxylic acids is 1. The van der Waals surface area contributed by atoms with Gasteiger partial charge in [-0.2, -0.15) is 0 Å². The first-order valence-corrected chi connectivity index (χ1v) is 6.30. The molecule has 0 spiro atoms. The van der Waals surface area contributed by atoms with Crippen LogP contribution >= 0.6 is 0 Å². The van der Waals surface area contributed by atoms with E-state index in [1.54, 1.807) is 19.9 Å². The molecule has 1 fully saturated rings. The lowest BCUT2D eigenvalue weighted by molar-refractivity contribution is 0.0418. The maximum Gasteiger partial charge on any atom is 0.412 e. The summed E-state index contributed by atoms with van der Waals surface area (Å²) in [7, 11) is 0. The van der Waals surface area contributed by atoms with E-state index in [0.29, 0.717) is 11.6 Å². The molecule has 5 nitrogen and oxygen atoms in total. The molecule has 1 amide bonds. The number of nitrogens with one attached hydrogen (secondary N) is 1. The lowest BCUT2D eigenvalue weighted by Gasteiger charge is -2.33. The molecule has 1 aliphatic heterocycles. The lowest BCUT2D eigenvalue weighted by atomic mass is 9.89. The minimum absolute atomic E-state index is 0.143. The lowest BCUT2D eigenvalue weighted by Crippen LogP contribution is -2.36. The highest BCUT2D eigenvalue weighted by atomic mass is 16.6. The predicted molar refractivity (Wildman–Crippen MR) is 68.5 cm³/mol. The van der Waals surface area contributed by atoms with Crippen LogP contribution in [0.25, 0.3) is 0 Å². The third-order valence-electron chi connectivity index (χ3n) is 3.66. The molecule has 3 rings (SSSR count). The van der Waals surface area contributed by atoms with Gasteiger partial charge in [0.15, 0.2) is 0 Å². The van der Waals surface area contributed by atoms with Crippen LogP contribution in [0.3, 0.4) is 0 Å². The van der Waals surface area contributed by atoms with Crippen LogP contribution in [-0.4, -0.2) is 17.2 Å². The summed E-state index contributed by atoms with van der Waals surface area (Å²) in [6, 6.07) is 3.62. The van der Waals surface area contributed by atoms with E-state index in [4.69, 9.17) is 4.74 Å². The normalized spacial score (nSPS) is 20.2. The Morgan fingerprint density at radius 2 is 2.11 bits per heavy atom. The second-order valence-electron chi connectivity index (χ2n) is 5.60. The van der Waals surface area contributed by atoms with Gasteiger partial charge in [0, 0.05) is 5.56 Å². The number of cyclic esters (lactones) is 1. The molecule has 1 saturated carbocycles. The topological polar surface area (TPSA) is 75.6 Å². The number of rotatable bonds is 2. The van der Waals surface area contributed by atoms with E-state index in [0.717, 1.165) is 24.0 Å². The molecular formula is C14H15NO4. The molecule has 1 aliphatic carbocycles. The number of carbonyl (C=O) groups is 2. The minimum atomic E-state index is -1.03.